The van der Waals surface area contributed by atoms with Gasteiger partial charge in [0, 0.05) is 18.5 Å². The quantitative estimate of drug-likeness (QED) is 0.208. The van der Waals surface area contributed by atoms with Crippen molar-refractivity contribution in [2.45, 2.75) is 20.3 Å². The molecule has 10 heteroatoms. The number of phenols is 1. The average Bonchev–Trinajstić information content (AvgIpc) is 2.85. The molecule has 0 amide bonds. The summed E-state index contributed by atoms with van der Waals surface area (Å²) in [6.45, 7) is 7.68. The van der Waals surface area contributed by atoms with E-state index in [9.17, 15) is 5.11 Å². The number of aliphatic hydroxyl groups excluding tert-OH is 2. The molecule has 0 bridgehead atoms. The normalized spacial score (nSPS) is 8.49. The molecule has 3 N–H and O–H groups in total. The molecule has 0 atom stereocenters. The molecule has 2 aromatic rings. The number of ether oxygens (including phenoxy) is 3. The van der Waals surface area contributed by atoms with Crippen LogP contribution in [0.25, 0.3) is 0 Å². The SMILES string of the molecule is C.C=CCBr.C=CCOc1cc(CCO)ccc1OC.COc1ccc(CCO)cc1O.[H-].[K+].[K][K]. The van der Waals surface area contributed by atoms with Crippen molar-refractivity contribution in [2.24, 2.45) is 0 Å². The van der Waals surface area contributed by atoms with Crippen molar-refractivity contribution in [3.63, 3.8) is 0 Å². The first-order chi connectivity index (χ1) is 16.0. The van der Waals surface area contributed by atoms with E-state index in [0.29, 0.717) is 36.7 Å². The van der Waals surface area contributed by atoms with E-state index in [-0.39, 0.29) is 79.2 Å². The Balaban J connectivity index is -0.000000138. The molecule has 0 radical (unpaired) electrons. The van der Waals surface area contributed by atoms with Crippen molar-refractivity contribution in [1.29, 1.82) is 0 Å². The molecule has 2 rings (SSSR count). The average molecular weight is 632 g/mol. The zero-order chi connectivity index (χ0) is 25.5. The summed E-state index contributed by atoms with van der Waals surface area (Å²) in [5, 5.41) is 27.7. The van der Waals surface area contributed by atoms with Crippen LogP contribution in [-0.4, -0.2) is 118 Å². The third-order valence-corrected chi connectivity index (χ3v) is 4.20. The number of hydrogen-bond donors (Lipinski definition) is 3. The molecule has 35 heavy (non-hydrogen) atoms. The van der Waals surface area contributed by atoms with Crippen LogP contribution in [0, 0.1) is 0 Å². The van der Waals surface area contributed by atoms with E-state index >= 15 is 0 Å². The second-order valence-electron chi connectivity index (χ2n) is 5.98. The van der Waals surface area contributed by atoms with Gasteiger partial charge in [-0.1, -0.05) is 54.2 Å². The molecule has 0 aliphatic carbocycles. The summed E-state index contributed by atoms with van der Waals surface area (Å²) in [5.74, 6) is 1.95. The summed E-state index contributed by atoms with van der Waals surface area (Å²) in [6, 6.07) is 10.7. The van der Waals surface area contributed by atoms with Crippen LogP contribution in [0.3, 0.4) is 0 Å². The maximum absolute atomic E-state index is 9.31. The number of rotatable bonds is 10. The minimum atomic E-state index is 0. The molecule has 184 valence electrons. The minimum absolute atomic E-state index is 0. The van der Waals surface area contributed by atoms with Gasteiger partial charge in [0.2, 0.25) is 0 Å². The number of aliphatic hydroxyl groups is 2. The van der Waals surface area contributed by atoms with E-state index in [2.05, 4.69) is 29.1 Å². The summed E-state index contributed by atoms with van der Waals surface area (Å²) in [7, 11) is 3.10. The van der Waals surface area contributed by atoms with Crippen molar-refractivity contribution in [3.05, 3.63) is 72.8 Å². The number of phenolic OH excluding ortho intramolecular Hbond substituents is 1. The van der Waals surface area contributed by atoms with Gasteiger partial charge in [0.15, 0.2) is 23.0 Å². The van der Waals surface area contributed by atoms with Gasteiger partial charge in [-0.25, -0.2) is 0 Å². The molecule has 6 nitrogen and oxygen atoms in total. The fourth-order valence-corrected chi connectivity index (χ4v) is 2.29. The maximum atomic E-state index is 9.31. The van der Waals surface area contributed by atoms with Crippen LogP contribution < -0.4 is 65.6 Å². The molecule has 0 spiro atoms. The zero-order valence-corrected chi connectivity index (χ0v) is 32.2. The third kappa shape index (κ3) is 22.9. The van der Waals surface area contributed by atoms with Crippen LogP contribution in [-0.2, 0) is 12.8 Å². The first-order valence-corrected chi connectivity index (χ1v) is 27.8. The summed E-state index contributed by atoms with van der Waals surface area (Å²) >= 11 is 5.63. The van der Waals surface area contributed by atoms with Crippen LogP contribution in [0.4, 0.5) is 0 Å². The number of hydrogen-bond acceptors (Lipinski definition) is 6. The molecule has 0 aromatic heterocycles. The van der Waals surface area contributed by atoms with Crippen LogP contribution in [0.1, 0.15) is 20.0 Å². The predicted molar refractivity (Wildman–Crippen MR) is 148 cm³/mol. The first kappa shape index (κ1) is 44.4. The monoisotopic (exact) mass is 630 g/mol. The number of alkyl halides is 1. The van der Waals surface area contributed by atoms with Crippen molar-refractivity contribution < 1.29 is 82.3 Å². The van der Waals surface area contributed by atoms with Crippen molar-refractivity contribution in [1.82, 2.24) is 0 Å². The predicted octanol–water partition coefficient (Wildman–Crippen LogP) is 1.29. The van der Waals surface area contributed by atoms with Gasteiger partial charge in [-0.3, -0.25) is 0 Å². The first-order valence-electron chi connectivity index (χ1n) is 10.7. The summed E-state index contributed by atoms with van der Waals surface area (Å²) in [6.07, 6.45) is 4.64. The van der Waals surface area contributed by atoms with Crippen molar-refractivity contribution in [3.8, 4) is 23.0 Å². The number of methoxy groups -OCH3 is 2. The molecule has 0 saturated heterocycles. The molecule has 0 saturated carbocycles. The fourth-order valence-electron chi connectivity index (χ4n) is 2.29. The van der Waals surface area contributed by atoms with E-state index in [1.807, 2.05) is 24.3 Å². The van der Waals surface area contributed by atoms with Gasteiger partial charge in [-0.05, 0) is 48.2 Å². The second kappa shape index (κ2) is 32.6. The summed E-state index contributed by atoms with van der Waals surface area (Å²) in [4.78, 5) is 0. The number of benzene rings is 2. The summed E-state index contributed by atoms with van der Waals surface area (Å²) in [5.41, 5.74) is 1.92. The van der Waals surface area contributed by atoms with E-state index in [4.69, 9.17) is 24.4 Å². The van der Waals surface area contributed by atoms with Gasteiger partial charge >= 0.3 is 115 Å². The molecule has 0 aliphatic rings. The Hall–Kier alpha value is 2.43. The summed E-state index contributed by atoms with van der Waals surface area (Å²) < 4.78 is 15.5. The second-order valence-corrected chi connectivity index (χ2v) is 6.63. The van der Waals surface area contributed by atoms with Gasteiger partial charge < -0.3 is 31.0 Å². The van der Waals surface area contributed by atoms with Gasteiger partial charge in [0.1, 0.15) is 6.61 Å². The van der Waals surface area contributed by atoms with Gasteiger partial charge in [0.25, 0.3) is 0 Å². The van der Waals surface area contributed by atoms with E-state index in [1.165, 1.54) is 70.3 Å². The van der Waals surface area contributed by atoms with Crippen molar-refractivity contribution >= 4 is 79.1 Å². The zero-order valence-electron chi connectivity index (χ0n) is 22.2. The third-order valence-electron chi connectivity index (χ3n) is 3.74. The Kier molecular flexibility index (Phi) is 41.5. The molecule has 0 fully saturated rings. The topological polar surface area (TPSA) is 88.4 Å². The van der Waals surface area contributed by atoms with E-state index in [0.717, 1.165) is 16.5 Å². The van der Waals surface area contributed by atoms with Crippen molar-refractivity contribution in [2.75, 3.05) is 39.4 Å². The van der Waals surface area contributed by atoms with Crippen LogP contribution >= 0.6 is 15.9 Å². The Morgan fingerprint density at radius 1 is 0.886 bits per heavy atom. The number of aromatic hydroxyl groups is 1. The molecule has 0 unspecified atom stereocenters. The Bertz CT molecular complexity index is 785. The Morgan fingerprint density at radius 2 is 1.34 bits per heavy atom. The molecule has 0 aliphatic heterocycles. The Morgan fingerprint density at radius 3 is 1.71 bits per heavy atom. The van der Waals surface area contributed by atoms with Gasteiger partial charge in [-0.15, -0.1) is 6.58 Å². The van der Waals surface area contributed by atoms with E-state index < -0.39 is 0 Å². The van der Waals surface area contributed by atoms with E-state index in [1.54, 1.807) is 31.4 Å². The number of halogens is 1. The molecular formula is C25H38BrK3O6. The molecule has 2 aromatic carbocycles. The fraction of sp³-hybridized carbons (Fsp3) is 0.360. The molecular weight excluding hydrogens is 593 g/mol. The van der Waals surface area contributed by atoms with Crippen LogP contribution in [0.2, 0.25) is 0 Å². The van der Waals surface area contributed by atoms with Gasteiger partial charge in [-0.2, -0.15) is 0 Å². The van der Waals surface area contributed by atoms with Gasteiger partial charge in [0.05, 0.1) is 14.2 Å². The van der Waals surface area contributed by atoms with Crippen LogP contribution in [0.15, 0.2) is 61.7 Å². The number of allylic oxidation sites excluding steroid dienone is 1. The standard InChI is InChI=1S/C12H16O3.C9H12O3.C3H5Br.CH4.3K.H/c1-3-8-15-12-9-10(6-7-13)4-5-11(12)14-2;1-12-9-3-2-7(4-5-10)6-8(9)11;1-2-3-4;;;;;/h3-5,9,13H,1,6-8H2,2H3;2-3,6,10-11H,4-5H2,1H3;2H,1,3H2;1H4;;;;/q;;;;;;+1;-1. The molecule has 0 heterocycles. The Labute approximate surface area is 309 Å². The van der Waals surface area contributed by atoms with Crippen LogP contribution in [0.5, 0.6) is 23.0 Å².